The lowest BCUT2D eigenvalue weighted by Crippen LogP contribution is -2.03. The molecule has 1 aromatic heterocycles. The third kappa shape index (κ3) is 4.04. The van der Waals surface area contributed by atoms with Gasteiger partial charge in [-0.25, -0.2) is 4.21 Å². The van der Waals surface area contributed by atoms with Crippen LogP contribution in [0.3, 0.4) is 0 Å². The van der Waals surface area contributed by atoms with Crippen molar-refractivity contribution in [2.24, 2.45) is 0 Å². The maximum Gasteiger partial charge on any atom is 0.259 e. The van der Waals surface area contributed by atoms with Crippen LogP contribution in [-0.2, 0) is 17.8 Å². The van der Waals surface area contributed by atoms with Crippen LogP contribution in [0.4, 0.5) is 11.4 Å². The minimum atomic E-state index is -2.07. The topological polar surface area (TPSA) is 92.7 Å². The van der Waals surface area contributed by atoms with E-state index in [2.05, 4.69) is 15.0 Å². The zero-order valence-corrected chi connectivity index (χ0v) is 15.2. The Labute approximate surface area is 153 Å². The monoisotopic (exact) mass is 373 g/mol. The molecule has 7 nitrogen and oxygen atoms in total. The zero-order chi connectivity index (χ0) is 18.5. The molecule has 2 aromatic carbocycles. The van der Waals surface area contributed by atoms with E-state index >= 15 is 0 Å². The molecule has 0 bridgehead atoms. The summed E-state index contributed by atoms with van der Waals surface area (Å²) in [6.07, 6.45) is 1.74. The van der Waals surface area contributed by atoms with Gasteiger partial charge in [0.2, 0.25) is 0 Å². The largest absolute Gasteiger partial charge is 0.493 e. The molecule has 3 aromatic rings. The molecule has 1 heterocycles. The number of hydrogen-bond donors (Lipinski definition) is 3. The molecule has 0 amide bonds. The molecule has 0 saturated heterocycles. The first kappa shape index (κ1) is 18.0. The molecule has 0 radical (unpaired) electrons. The van der Waals surface area contributed by atoms with Crippen LogP contribution >= 0.6 is 0 Å². The van der Waals surface area contributed by atoms with Gasteiger partial charge in [-0.05, 0) is 29.8 Å². The summed E-state index contributed by atoms with van der Waals surface area (Å²) in [5.74, 6) is 1.28. The molecule has 26 heavy (non-hydrogen) atoms. The quantitative estimate of drug-likeness (QED) is 0.550. The van der Waals surface area contributed by atoms with Gasteiger partial charge in [0, 0.05) is 35.6 Å². The summed E-state index contributed by atoms with van der Waals surface area (Å²) in [6, 6.07) is 12.9. The highest BCUT2D eigenvalue weighted by molar-refractivity contribution is 7.80. The number of nitrogens with zero attached hydrogens (tertiary/aromatic N) is 1. The SMILES string of the molecule is COc1cc2nccc(NCc3ccc(NS(=O)O)cc3)c2cc1OC. The van der Waals surface area contributed by atoms with Crippen LogP contribution in [-0.4, -0.2) is 28.0 Å². The van der Waals surface area contributed by atoms with Crippen molar-refractivity contribution in [3.05, 3.63) is 54.2 Å². The molecule has 0 saturated carbocycles. The van der Waals surface area contributed by atoms with E-state index in [1.165, 1.54) is 0 Å². The van der Waals surface area contributed by atoms with Crippen LogP contribution in [0.1, 0.15) is 5.56 Å². The van der Waals surface area contributed by atoms with E-state index in [9.17, 15) is 4.21 Å². The fourth-order valence-corrected chi connectivity index (χ4v) is 2.95. The van der Waals surface area contributed by atoms with Crippen LogP contribution in [0.2, 0.25) is 0 Å². The number of hydrogen-bond acceptors (Lipinski definition) is 5. The zero-order valence-electron chi connectivity index (χ0n) is 14.4. The second-order valence-corrected chi connectivity index (χ2v) is 6.19. The molecule has 1 unspecified atom stereocenters. The molecule has 1 atom stereocenters. The fourth-order valence-electron chi connectivity index (χ4n) is 2.62. The van der Waals surface area contributed by atoms with Crippen molar-refractivity contribution in [1.82, 2.24) is 4.98 Å². The lowest BCUT2D eigenvalue weighted by atomic mass is 10.1. The Balaban J connectivity index is 1.81. The number of fused-ring (bicyclic) bond motifs is 1. The van der Waals surface area contributed by atoms with Crippen molar-refractivity contribution in [2.45, 2.75) is 6.54 Å². The van der Waals surface area contributed by atoms with Gasteiger partial charge < -0.3 is 14.8 Å². The average Bonchev–Trinajstić information content (AvgIpc) is 2.65. The molecule has 136 valence electrons. The van der Waals surface area contributed by atoms with Crippen molar-refractivity contribution in [1.29, 1.82) is 0 Å². The van der Waals surface area contributed by atoms with Gasteiger partial charge in [0.1, 0.15) is 0 Å². The fraction of sp³-hybridized carbons (Fsp3) is 0.167. The first-order valence-electron chi connectivity index (χ1n) is 7.82. The van der Waals surface area contributed by atoms with Crippen molar-refractivity contribution in [3.8, 4) is 11.5 Å². The summed E-state index contributed by atoms with van der Waals surface area (Å²) in [5.41, 5.74) is 3.35. The second-order valence-electron chi connectivity index (χ2n) is 5.48. The molecular weight excluding hydrogens is 354 g/mol. The summed E-state index contributed by atoms with van der Waals surface area (Å²) < 4.78 is 32.7. The Hall–Kier alpha value is -2.84. The van der Waals surface area contributed by atoms with E-state index in [-0.39, 0.29) is 0 Å². The highest BCUT2D eigenvalue weighted by atomic mass is 32.2. The maximum atomic E-state index is 10.7. The standard InChI is InChI=1S/C18H19N3O4S/c1-24-17-9-14-15(7-8-19-16(14)10-18(17)25-2)20-11-12-3-5-13(6-4-12)21-26(22)23/h3-10,21H,11H2,1-2H3,(H,19,20)(H,22,23). The summed E-state index contributed by atoms with van der Waals surface area (Å²) in [4.78, 5) is 4.38. The van der Waals surface area contributed by atoms with Gasteiger partial charge in [0.15, 0.2) is 11.5 Å². The summed E-state index contributed by atoms with van der Waals surface area (Å²) in [6.45, 7) is 0.593. The van der Waals surface area contributed by atoms with E-state index < -0.39 is 11.3 Å². The van der Waals surface area contributed by atoms with Gasteiger partial charge in [-0.15, -0.1) is 0 Å². The van der Waals surface area contributed by atoms with Gasteiger partial charge in [-0.2, -0.15) is 0 Å². The van der Waals surface area contributed by atoms with E-state index in [0.29, 0.717) is 23.7 Å². The third-order valence-electron chi connectivity index (χ3n) is 3.89. The Bertz CT molecular complexity index is 932. The normalized spacial score (nSPS) is 11.8. The summed E-state index contributed by atoms with van der Waals surface area (Å²) in [7, 11) is 3.19. The smallest absolute Gasteiger partial charge is 0.259 e. The molecular formula is C18H19N3O4S. The van der Waals surface area contributed by atoms with Gasteiger partial charge in [-0.1, -0.05) is 12.1 Å². The number of aromatic nitrogens is 1. The lowest BCUT2D eigenvalue weighted by molar-refractivity contribution is 0.356. The number of pyridine rings is 1. The summed E-state index contributed by atoms with van der Waals surface area (Å²) in [5, 5.41) is 4.32. The van der Waals surface area contributed by atoms with Gasteiger partial charge in [0.25, 0.3) is 11.3 Å². The Morgan fingerprint density at radius 1 is 1.08 bits per heavy atom. The molecule has 0 aliphatic carbocycles. The number of nitrogens with one attached hydrogen (secondary N) is 2. The van der Waals surface area contributed by atoms with E-state index in [0.717, 1.165) is 22.2 Å². The van der Waals surface area contributed by atoms with Gasteiger partial charge in [0.05, 0.1) is 19.7 Å². The number of anilines is 2. The third-order valence-corrected chi connectivity index (χ3v) is 4.30. The van der Waals surface area contributed by atoms with Crippen molar-refractivity contribution in [3.63, 3.8) is 0 Å². The predicted molar refractivity (Wildman–Crippen MR) is 103 cm³/mol. The minimum Gasteiger partial charge on any atom is -0.493 e. The number of benzene rings is 2. The highest BCUT2D eigenvalue weighted by Gasteiger charge is 2.09. The molecule has 8 heteroatoms. The lowest BCUT2D eigenvalue weighted by Gasteiger charge is -2.13. The Morgan fingerprint density at radius 3 is 2.42 bits per heavy atom. The van der Waals surface area contributed by atoms with Crippen LogP contribution < -0.4 is 19.5 Å². The molecule has 0 spiro atoms. The summed E-state index contributed by atoms with van der Waals surface area (Å²) >= 11 is -2.07. The van der Waals surface area contributed by atoms with E-state index in [1.54, 1.807) is 32.5 Å². The van der Waals surface area contributed by atoms with Crippen LogP contribution in [0.25, 0.3) is 10.9 Å². The number of methoxy groups -OCH3 is 2. The molecule has 3 N–H and O–H groups in total. The molecule has 0 aliphatic rings. The average molecular weight is 373 g/mol. The predicted octanol–water partition coefficient (Wildman–Crippen LogP) is 3.41. The number of ether oxygens (including phenoxy) is 2. The highest BCUT2D eigenvalue weighted by Crippen LogP contribution is 2.34. The van der Waals surface area contributed by atoms with Gasteiger partial charge >= 0.3 is 0 Å². The minimum absolute atomic E-state index is 0.584. The molecule has 3 rings (SSSR count). The van der Waals surface area contributed by atoms with Gasteiger partial charge in [-0.3, -0.25) is 14.3 Å². The first-order valence-corrected chi connectivity index (χ1v) is 8.92. The Morgan fingerprint density at radius 2 is 1.77 bits per heavy atom. The van der Waals surface area contributed by atoms with Crippen molar-refractivity contribution < 1.29 is 18.2 Å². The maximum absolute atomic E-state index is 10.7. The van der Waals surface area contributed by atoms with E-state index in [4.69, 9.17) is 14.0 Å². The second kappa shape index (κ2) is 8.03. The first-order chi connectivity index (χ1) is 12.6. The number of rotatable bonds is 7. The van der Waals surface area contributed by atoms with Crippen LogP contribution in [0.15, 0.2) is 48.7 Å². The molecule has 0 fully saturated rings. The van der Waals surface area contributed by atoms with Crippen molar-refractivity contribution in [2.75, 3.05) is 24.3 Å². The Kier molecular flexibility index (Phi) is 5.55. The van der Waals surface area contributed by atoms with Crippen LogP contribution in [0, 0.1) is 0 Å². The van der Waals surface area contributed by atoms with Crippen molar-refractivity contribution >= 4 is 33.5 Å². The van der Waals surface area contributed by atoms with Crippen LogP contribution in [0.5, 0.6) is 11.5 Å². The molecule has 0 aliphatic heterocycles. The van der Waals surface area contributed by atoms with E-state index in [1.807, 2.05) is 30.3 Å².